The van der Waals surface area contributed by atoms with Crippen LogP contribution in [0.4, 0.5) is 0 Å². The van der Waals surface area contributed by atoms with Gasteiger partial charge in [-0.25, -0.2) is 0 Å². The van der Waals surface area contributed by atoms with Crippen molar-refractivity contribution < 1.29 is 14.6 Å². The third-order valence-corrected chi connectivity index (χ3v) is 1.18. The van der Waals surface area contributed by atoms with Crippen LogP contribution in [-0.2, 0) is 9.53 Å². The molecule has 0 aliphatic carbocycles. The maximum Gasteiger partial charge on any atom is 0.305 e. The van der Waals surface area contributed by atoms with E-state index in [1.165, 1.54) is 7.11 Å². The van der Waals surface area contributed by atoms with Crippen LogP contribution in [0.2, 0.25) is 0 Å². The highest BCUT2D eigenvalue weighted by atomic mass is 35.5. The number of nitrogens with two attached hydrogens (primary N) is 1. The molecule has 0 aliphatic rings. The highest BCUT2D eigenvalue weighted by molar-refractivity contribution is 5.85. The van der Waals surface area contributed by atoms with Gasteiger partial charge in [0.05, 0.1) is 13.7 Å². The van der Waals surface area contributed by atoms with Crippen LogP contribution in [0.3, 0.4) is 0 Å². The number of halogens is 1. The van der Waals surface area contributed by atoms with Crippen LogP contribution in [0.25, 0.3) is 0 Å². The Kier molecular flexibility index (Phi) is 9.40. The fourth-order valence-electron chi connectivity index (χ4n) is 0.497. The number of ether oxygens (including phenoxy) is 1. The van der Waals surface area contributed by atoms with Gasteiger partial charge in [0.2, 0.25) is 0 Å². The van der Waals surface area contributed by atoms with Crippen LogP contribution < -0.4 is 5.73 Å². The minimum atomic E-state index is -0.306. The Morgan fingerprint density at radius 2 is 2.27 bits per heavy atom. The summed E-state index contributed by atoms with van der Waals surface area (Å²) in [6.45, 7) is -0.0863. The van der Waals surface area contributed by atoms with Gasteiger partial charge in [0.15, 0.2) is 0 Å². The molecule has 68 valence electrons. The monoisotopic (exact) mass is 183 g/mol. The molecule has 0 unspecified atom stereocenters. The van der Waals surface area contributed by atoms with Gasteiger partial charge in [0.1, 0.15) is 0 Å². The first-order valence-corrected chi connectivity index (χ1v) is 3.14. The number of methoxy groups -OCH3 is 1. The van der Waals surface area contributed by atoms with E-state index < -0.39 is 0 Å². The summed E-state index contributed by atoms with van der Waals surface area (Å²) in [5.74, 6) is -0.288. The molecule has 0 aliphatic heterocycles. The van der Waals surface area contributed by atoms with E-state index in [0.717, 1.165) is 0 Å². The molecule has 0 fully saturated rings. The normalized spacial score (nSPS) is 11.5. The highest BCUT2D eigenvalue weighted by Crippen LogP contribution is 1.94. The van der Waals surface area contributed by atoms with Crippen LogP contribution in [-0.4, -0.2) is 30.8 Å². The lowest BCUT2D eigenvalue weighted by Gasteiger charge is -2.04. The molecular formula is C6H14ClNO3. The maximum absolute atomic E-state index is 10.5. The number of carbonyl (C=O) groups is 1. The largest absolute Gasteiger partial charge is 0.469 e. The summed E-state index contributed by atoms with van der Waals surface area (Å²) >= 11 is 0. The third kappa shape index (κ3) is 7.58. The summed E-state index contributed by atoms with van der Waals surface area (Å²) in [4.78, 5) is 10.5. The average molecular weight is 184 g/mol. The van der Waals surface area contributed by atoms with E-state index in [0.29, 0.717) is 6.42 Å². The van der Waals surface area contributed by atoms with Crippen molar-refractivity contribution in [2.24, 2.45) is 5.73 Å². The number of aliphatic hydroxyl groups excluding tert-OH is 1. The van der Waals surface area contributed by atoms with Crippen LogP contribution >= 0.6 is 12.4 Å². The zero-order valence-corrected chi connectivity index (χ0v) is 7.26. The van der Waals surface area contributed by atoms with E-state index >= 15 is 0 Å². The number of esters is 1. The van der Waals surface area contributed by atoms with E-state index in [1.54, 1.807) is 0 Å². The average Bonchev–Trinajstić information content (AvgIpc) is 1.99. The minimum Gasteiger partial charge on any atom is -0.469 e. The van der Waals surface area contributed by atoms with Crippen LogP contribution in [0.5, 0.6) is 0 Å². The standard InChI is InChI=1S/C6H13NO3.ClH/c1-10-6(9)3-2-5(7)4-8;/h5,8H,2-4,7H2,1H3;1H/t5-;/m1./s1. The first-order chi connectivity index (χ1) is 4.70. The molecule has 0 saturated heterocycles. The Morgan fingerprint density at radius 1 is 1.73 bits per heavy atom. The predicted molar refractivity (Wildman–Crippen MR) is 43.6 cm³/mol. The van der Waals surface area contributed by atoms with Crippen molar-refractivity contribution in [3.63, 3.8) is 0 Å². The molecule has 11 heavy (non-hydrogen) atoms. The molecule has 0 spiro atoms. The number of carbonyl (C=O) groups excluding carboxylic acids is 1. The molecule has 0 amide bonds. The quantitative estimate of drug-likeness (QED) is 0.586. The van der Waals surface area contributed by atoms with Gasteiger partial charge in [-0.1, -0.05) is 0 Å². The van der Waals surface area contributed by atoms with Gasteiger partial charge in [-0.2, -0.15) is 0 Å². The van der Waals surface area contributed by atoms with Gasteiger partial charge in [-0.05, 0) is 6.42 Å². The lowest BCUT2D eigenvalue weighted by molar-refractivity contribution is -0.140. The second-order valence-corrected chi connectivity index (χ2v) is 2.06. The lowest BCUT2D eigenvalue weighted by atomic mass is 10.2. The smallest absolute Gasteiger partial charge is 0.305 e. The highest BCUT2D eigenvalue weighted by Gasteiger charge is 2.04. The predicted octanol–water partition coefficient (Wildman–Crippen LogP) is -0.319. The van der Waals surface area contributed by atoms with E-state index in [9.17, 15) is 4.79 Å². The van der Waals surface area contributed by atoms with Crippen molar-refractivity contribution in [2.45, 2.75) is 18.9 Å². The summed E-state index contributed by atoms with van der Waals surface area (Å²) in [5.41, 5.74) is 5.32. The van der Waals surface area contributed by atoms with E-state index in [1.807, 2.05) is 0 Å². The van der Waals surface area contributed by atoms with Crippen molar-refractivity contribution >= 4 is 18.4 Å². The molecule has 1 atom stereocenters. The van der Waals surface area contributed by atoms with Gasteiger partial charge < -0.3 is 15.6 Å². The van der Waals surface area contributed by atoms with Crippen molar-refractivity contribution in [3.05, 3.63) is 0 Å². The topological polar surface area (TPSA) is 72.5 Å². The number of hydrogen-bond donors (Lipinski definition) is 2. The molecule has 3 N–H and O–H groups in total. The molecule has 0 rings (SSSR count). The zero-order valence-electron chi connectivity index (χ0n) is 6.45. The van der Waals surface area contributed by atoms with Crippen molar-refractivity contribution in [2.75, 3.05) is 13.7 Å². The Labute approximate surface area is 72.1 Å². The Balaban J connectivity index is 0. The fraction of sp³-hybridized carbons (Fsp3) is 0.833. The van der Waals surface area contributed by atoms with E-state index in [-0.39, 0.29) is 37.4 Å². The molecule has 0 bridgehead atoms. The first kappa shape index (κ1) is 13.3. The molecule has 4 nitrogen and oxygen atoms in total. The molecule has 0 aromatic rings. The number of aliphatic hydroxyl groups is 1. The molecule has 0 aromatic carbocycles. The summed E-state index contributed by atoms with van der Waals surface area (Å²) in [6.07, 6.45) is 0.751. The van der Waals surface area contributed by atoms with Crippen LogP contribution in [0, 0.1) is 0 Å². The Morgan fingerprint density at radius 3 is 2.64 bits per heavy atom. The SMILES string of the molecule is COC(=O)CC[C@@H](N)CO.Cl. The number of hydrogen-bond acceptors (Lipinski definition) is 4. The minimum absolute atomic E-state index is 0. The van der Waals surface area contributed by atoms with E-state index in [4.69, 9.17) is 10.8 Å². The molecular weight excluding hydrogens is 170 g/mol. The number of rotatable bonds is 4. The second-order valence-electron chi connectivity index (χ2n) is 2.06. The van der Waals surface area contributed by atoms with Crippen molar-refractivity contribution in [1.29, 1.82) is 0 Å². The zero-order chi connectivity index (χ0) is 7.98. The van der Waals surface area contributed by atoms with Gasteiger partial charge >= 0.3 is 5.97 Å². The van der Waals surface area contributed by atoms with Gasteiger partial charge in [0.25, 0.3) is 0 Å². The maximum atomic E-state index is 10.5. The van der Waals surface area contributed by atoms with Gasteiger partial charge in [-0.3, -0.25) is 4.79 Å². The first-order valence-electron chi connectivity index (χ1n) is 3.14. The fourth-order valence-corrected chi connectivity index (χ4v) is 0.497. The summed E-state index contributed by atoms with van der Waals surface area (Å²) < 4.78 is 4.37. The molecule has 0 aromatic heterocycles. The third-order valence-electron chi connectivity index (χ3n) is 1.18. The van der Waals surface area contributed by atoms with Crippen LogP contribution in [0.1, 0.15) is 12.8 Å². The van der Waals surface area contributed by atoms with Gasteiger partial charge in [-0.15, -0.1) is 12.4 Å². The Hall–Kier alpha value is -0.320. The molecule has 0 saturated carbocycles. The van der Waals surface area contributed by atoms with Gasteiger partial charge in [0, 0.05) is 12.5 Å². The Bertz CT molecular complexity index is 110. The summed E-state index contributed by atoms with van der Waals surface area (Å²) in [7, 11) is 1.33. The molecule has 0 radical (unpaired) electrons. The molecule has 0 heterocycles. The van der Waals surface area contributed by atoms with E-state index in [2.05, 4.69) is 4.74 Å². The van der Waals surface area contributed by atoms with Crippen LogP contribution in [0.15, 0.2) is 0 Å². The van der Waals surface area contributed by atoms with Crippen molar-refractivity contribution in [1.82, 2.24) is 0 Å². The van der Waals surface area contributed by atoms with Crippen molar-refractivity contribution in [3.8, 4) is 0 Å². The lowest BCUT2D eigenvalue weighted by Crippen LogP contribution is -2.25. The summed E-state index contributed by atoms with van der Waals surface area (Å²) in [5, 5.41) is 8.44. The second kappa shape index (κ2) is 7.78. The molecule has 5 heteroatoms. The summed E-state index contributed by atoms with van der Waals surface area (Å²) in [6, 6.07) is -0.306.